The summed E-state index contributed by atoms with van der Waals surface area (Å²) in [6, 6.07) is 4.74. The molecule has 3 nitrogen and oxygen atoms in total. The molecule has 1 aromatic carbocycles. The Morgan fingerprint density at radius 1 is 1.53 bits per heavy atom. The normalized spacial score (nSPS) is 9.73. The van der Waals surface area contributed by atoms with Crippen LogP contribution in [0.15, 0.2) is 30.4 Å². The fraction of sp³-hybridized carbons (Fsp3) is 0.250. The standard InChI is InChI=1S/C12H14O3/c1-8(2)6-9-4-5-10(7-11(9)13)12(14)15-3/h4-5,7,13H,1,6H2,2-3H3. The Morgan fingerprint density at radius 2 is 2.20 bits per heavy atom. The molecule has 1 N–H and O–H groups in total. The summed E-state index contributed by atoms with van der Waals surface area (Å²) in [4.78, 5) is 11.1. The summed E-state index contributed by atoms with van der Waals surface area (Å²) in [5, 5.41) is 9.64. The van der Waals surface area contributed by atoms with E-state index >= 15 is 0 Å². The molecule has 0 aliphatic rings. The highest BCUT2D eigenvalue weighted by Gasteiger charge is 2.08. The Hall–Kier alpha value is -1.77. The SMILES string of the molecule is C=C(C)Cc1ccc(C(=O)OC)cc1O. The van der Waals surface area contributed by atoms with Crippen molar-refractivity contribution < 1.29 is 14.6 Å². The Balaban J connectivity index is 2.97. The van der Waals surface area contributed by atoms with E-state index in [-0.39, 0.29) is 5.75 Å². The summed E-state index contributed by atoms with van der Waals surface area (Å²) >= 11 is 0. The molecule has 0 unspecified atom stereocenters. The van der Waals surface area contributed by atoms with Gasteiger partial charge in [-0.15, -0.1) is 0 Å². The summed E-state index contributed by atoms with van der Waals surface area (Å²) in [5.41, 5.74) is 2.06. The second kappa shape index (κ2) is 4.64. The molecule has 0 radical (unpaired) electrons. The van der Waals surface area contributed by atoms with E-state index in [0.717, 1.165) is 11.1 Å². The van der Waals surface area contributed by atoms with Crippen LogP contribution in [0.25, 0.3) is 0 Å². The van der Waals surface area contributed by atoms with Gasteiger partial charge in [0.2, 0.25) is 0 Å². The van der Waals surface area contributed by atoms with Gasteiger partial charge in [0.1, 0.15) is 5.75 Å². The zero-order chi connectivity index (χ0) is 11.4. The molecular weight excluding hydrogens is 192 g/mol. The first kappa shape index (κ1) is 11.3. The maximum Gasteiger partial charge on any atom is 0.337 e. The van der Waals surface area contributed by atoms with Gasteiger partial charge in [-0.2, -0.15) is 0 Å². The van der Waals surface area contributed by atoms with E-state index in [1.807, 2.05) is 6.92 Å². The van der Waals surface area contributed by atoms with Gasteiger partial charge in [0.05, 0.1) is 12.7 Å². The topological polar surface area (TPSA) is 46.5 Å². The highest BCUT2D eigenvalue weighted by atomic mass is 16.5. The van der Waals surface area contributed by atoms with Crippen LogP contribution in [0.4, 0.5) is 0 Å². The summed E-state index contributed by atoms with van der Waals surface area (Å²) < 4.78 is 4.54. The Labute approximate surface area is 89.0 Å². The average Bonchev–Trinajstić information content (AvgIpc) is 2.19. The van der Waals surface area contributed by atoms with Crippen molar-refractivity contribution in [3.8, 4) is 5.75 Å². The minimum absolute atomic E-state index is 0.0981. The van der Waals surface area contributed by atoms with Crippen LogP contribution in [0.2, 0.25) is 0 Å². The lowest BCUT2D eigenvalue weighted by atomic mass is 10.0. The number of esters is 1. The largest absolute Gasteiger partial charge is 0.508 e. The molecule has 0 amide bonds. The van der Waals surface area contributed by atoms with Crippen molar-refractivity contribution in [2.24, 2.45) is 0 Å². The monoisotopic (exact) mass is 206 g/mol. The zero-order valence-corrected chi connectivity index (χ0v) is 8.91. The first-order valence-electron chi connectivity index (χ1n) is 4.59. The van der Waals surface area contributed by atoms with Crippen LogP contribution in [0, 0.1) is 0 Å². The molecule has 0 spiro atoms. The van der Waals surface area contributed by atoms with Crippen molar-refractivity contribution in [3.05, 3.63) is 41.5 Å². The minimum atomic E-state index is -0.452. The molecule has 0 heterocycles. The number of hydrogen-bond donors (Lipinski definition) is 1. The van der Waals surface area contributed by atoms with E-state index in [9.17, 15) is 9.90 Å². The highest BCUT2D eigenvalue weighted by Crippen LogP contribution is 2.21. The Kier molecular flexibility index (Phi) is 3.50. The van der Waals surface area contributed by atoms with Crippen molar-refractivity contribution in [2.75, 3.05) is 7.11 Å². The van der Waals surface area contributed by atoms with E-state index in [4.69, 9.17) is 0 Å². The zero-order valence-electron chi connectivity index (χ0n) is 8.91. The fourth-order valence-corrected chi connectivity index (χ4v) is 1.28. The van der Waals surface area contributed by atoms with Gasteiger partial charge in [0.25, 0.3) is 0 Å². The van der Waals surface area contributed by atoms with Gasteiger partial charge in [0, 0.05) is 0 Å². The molecule has 0 fully saturated rings. The number of phenols is 1. The van der Waals surface area contributed by atoms with Crippen LogP contribution < -0.4 is 0 Å². The number of rotatable bonds is 3. The van der Waals surface area contributed by atoms with Crippen molar-refractivity contribution in [1.29, 1.82) is 0 Å². The van der Waals surface area contributed by atoms with Crippen molar-refractivity contribution >= 4 is 5.97 Å². The second-order valence-corrected chi connectivity index (χ2v) is 3.47. The molecular formula is C12H14O3. The van der Waals surface area contributed by atoms with Gasteiger partial charge in [-0.25, -0.2) is 4.79 Å². The highest BCUT2D eigenvalue weighted by molar-refractivity contribution is 5.89. The molecule has 3 heteroatoms. The molecule has 0 aromatic heterocycles. The van der Waals surface area contributed by atoms with Crippen LogP contribution in [-0.2, 0) is 11.2 Å². The maximum atomic E-state index is 11.1. The van der Waals surface area contributed by atoms with Gasteiger partial charge in [0.15, 0.2) is 0 Å². The van der Waals surface area contributed by atoms with Gasteiger partial charge < -0.3 is 9.84 Å². The van der Waals surface area contributed by atoms with E-state index in [1.54, 1.807) is 12.1 Å². The molecule has 0 bridgehead atoms. The maximum absolute atomic E-state index is 11.1. The molecule has 0 saturated carbocycles. The quantitative estimate of drug-likeness (QED) is 0.609. The Morgan fingerprint density at radius 3 is 2.67 bits per heavy atom. The third-order valence-corrected chi connectivity index (χ3v) is 2.00. The van der Waals surface area contributed by atoms with Crippen LogP contribution in [0.1, 0.15) is 22.8 Å². The summed E-state index contributed by atoms with van der Waals surface area (Å²) in [5.74, 6) is -0.354. The number of hydrogen-bond acceptors (Lipinski definition) is 3. The van der Waals surface area contributed by atoms with E-state index in [2.05, 4.69) is 11.3 Å². The lowest BCUT2D eigenvalue weighted by molar-refractivity contribution is 0.0600. The molecule has 1 rings (SSSR count). The Bertz CT molecular complexity index is 394. The smallest absolute Gasteiger partial charge is 0.337 e. The number of benzene rings is 1. The number of phenolic OH excluding ortho intramolecular Hbond substituents is 1. The third-order valence-electron chi connectivity index (χ3n) is 2.00. The summed E-state index contributed by atoms with van der Waals surface area (Å²) in [6.45, 7) is 5.65. The predicted octanol–water partition coefficient (Wildman–Crippen LogP) is 2.30. The van der Waals surface area contributed by atoms with Crippen LogP contribution in [0.5, 0.6) is 5.75 Å². The molecule has 0 atom stereocenters. The van der Waals surface area contributed by atoms with E-state index in [1.165, 1.54) is 13.2 Å². The first-order chi connectivity index (χ1) is 7.04. The predicted molar refractivity (Wildman–Crippen MR) is 58.0 cm³/mol. The summed E-state index contributed by atoms with van der Waals surface area (Å²) in [6.07, 6.45) is 0.604. The molecule has 0 saturated heterocycles. The number of carbonyl (C=O) groups excluding carboxylic acids is 1. The average molecular weight is 206 g/mol. The van der Waals surface area contributed by atoms with E-state index in [0.29, 0.717) is 12.0 Å². The number of aromatic hydroxyl groups is 1. The third kappa shape index (κ3) is 2.84. The van der Waals surface area contributed by atoms with Gasteiger partial charge in [-0.3, -0.25) is 0 Å². The fourth-order valence-electron chi connectivity index (χ4n) is 1.28. The van der Waals surface area contributed by atoms with Gasteiger partial charge in [-0.1, -0.05) is 18.2 Å². The van der Waals surface area contributed by atoms with Gasteiger partial charge in [-0.05, 0) is 31.0 Å². The van der Waals surface area contributed by atoms with Crippen molar-refractivity contribution in [1.82, 2.24) is 0 Å². The molecule has 0 aliphatic heterocycles. The molecule has 0 aliphatic carbocycles. The van der Waals surface area contributed by atoms with Gasteiger partial charge >= 0.3 is 5.97 Å². The first-order valence-corrected chi connectivity index (χ1v) is 4.59. The van der Waals surface area contributed by atoms with Crippen molar-refractivity contribution in [3.63, 3.8) is 0 Å². The van der Waals surface area contributed by atoms with Crippen LogP contribution >= 0.6 is 0 Å². The number of ether oxygens (including phenoxy) is 1. The molecule has 1 aromatic rings. The lowest BCUT2D eigenvalue weighted by Gasteiger charge is -2.06. The number of methoxy groups -OCH3 is 1. The molecule has 15 heavy (non-hydrogen) atoms. The van der Waals surface area contributed by atoms with Crippen LogP contribution in [0.3, 0.4) is 0 Å². The molecule has 80 valence electrons. The number of allylic oxidation sites excluding steroid dienone is 1. The number of carbonyl (C=O) groups is 1. The van der Waals surface area contributed by atoms with Crippen LogP contribution in [-0.4, -0.2) is 18.2 Å². The van der Waals surface area contributed by atoms with E-state index < -0.39 is 5.97 Å². The summed E-state index contributed by atoms with van der Waals surface area (Å²) in [7, 11) is 1.31. The van der Waals surface area contributed by atoms with Crippen molar-refractivity contribution in [2.45, 2.75) is 13.3 Å². The minimum Gasteiger partial charge on any atom is -0.508 e. The second-order valence-electron chi connectivity index (χ2n) is 3.47. The lowest BCUT2D eigenvalue weighted by Crippen LogP contribution is -2.01.